The second-order valence-electron chi connectivity index (χ2n) is 6.95. The third-order valence-electron chi connectivity index (χ3n) is 4.56. The molecule has 1 fully saturated rings. The third-order valence-corrected chi connectivity index (χ3v) is 5.66. The Labute approximate surface area is 148 Å². The van der Waals surface area contributed by atoms with E-state index < -0.39 is 0 Å². The van der Waals surface area contributed by atoms with E-state index in [0.717, 1.165) is 62.3 Å². The maximum atomic E-state index is 5.43. The Balaban J connectivity index is 1.86. The molecule has 0 bridgehead atoms. The number of anilines is 1. The lowest BCUT2D eigenvalue weighted by Gasteiger charge is -2.25. The van der Waals surface area contributed by atoms with E-state index in [0.29, 0.717) is 5.92 Å². The number of aromatic nitrogens is 2. The van der Waals surface area contributed by atoms with Gasteiger partial charge in [0.2, 0.25) is 0 Å². The summed E-state index contributed by atoms with van der Waals surface area (Å²) in [4.78, 5) is 14.5. The zero-order chi connectivity index (χ0) is 17.1. The number of morpholine rings is 1. The van der Waals surface area contributed by atoms with Crippen molar-refractivity contribution >= 4 is 27.4 Å². The van der Waals surface area contributed by atoms with Crippen LogP contribution in [0.3, 0.4) is 0 Å². The lowest BCUT2D eigenvalue weighted by molar-refractivity contribution is 0.0331. The van der Waals surface area contributed by atoms with Gasteiger partial charge >= 0.3 is 0 Å². The first-order valence-electron chi connectivity index (χ1n) is 8.85. The highest BCUT2D eigenvalue weighted by Gasteiger charge is 2.17. The predicted octanol–water partition coefficient (Wildman–Crippen LogP) is 3.60. The maximum absolute atomic E-state index is 5.43. The molecule has 0 spiro atoms. The van der Waals surface area contributed by atoms with E-state index >= 15 is 0 Å². The van der Waals surface area contributed by atoms with Gasteiger partial charge in [-0.05, 0) is 31.7 Å². The molecule has 2 aromatic rings. The first-order chi connectivity index (χ1) is 11.5. The molecule has 0 radical (unpaired) electrons. The van der Waals surface area contributed by atoms with Crippen LogP contribution in [0.1, 0.15) is 36.5 Å². The number of aryl methyl sites for hydroxylation is 2. The van der Waals surface area contributed by atoms with Gasteiger partial charge in [-0.3, -0.25) is 4.90 Å². The second-order valence-corrected chi connectivity index (χ2v) is 8.15. The number of rotatable bonds is 6. The summed E-state index contributed by atoms with van der Waals surface area (Å²) in [7, 11) is 0. The van der Waals surface area contributed by atoms with Gasteiger partial charge in [0.1, 0.15) is 16.5 Å². The van der Waals surface area contributed by atoms with Crippen LogP contribution in [0.25, 0.3) is 10.2 Å². The van der Waals surface area contributed by atoms with Crippen molar-refractivity contribution in [1.29, 1.82) is 0 Å². The van der Waals surface area contributed by atoms with Crippen LogP contribution in [0.2, 0.25) is 0 Å². The van der Waals surface area contributed by atoms with Gasteiger partial charge in [0.25, 0.3) is 0 Å². The Hall–Kier alpha value is -1.24. The maximum Gasteiger partial charge on any atom is 0.146 e. The molecule has 6 heteroatoms. The molecule has 132 valence electrons. The summed E-state index contributed by atoms with van der Waals surface area (Å²) >= 11 is 1.77. The van der Waals surface area contributed by atoms with E-state index in [1.54, 1.807) is 11.3 Å². The highest BCUT2D eigenvalue weighted by atomic mass is 32.1. The van der Waals surface area contributed by atoms with Crippen LogP contribution in [0.15, 0.2) is 0 Å². The molecule has 1 saturated heterocycles. The molecule has 0 amide bonds. The monoisotopic (exact) mass is 348 g/mol. The minimum Gasteiger partial charge on any atom is -0.379 e. The lowest BCUT2D eigenvalue weighted by Crippen LogP contribution is -2.36. The molecule has 1 N–H and O–H groups in total. The van der Waals surface area contributed by atoms with E-state index in [1.165, 1.54) is 15.8 Å². The second kappa shape index (κ2) is 7.76. The van der Waals surface area contributed by atoms with Crippen LogP contribution in [0.5, 0.6) is 0 Å². The van der Waals surface area contributed by atoms with Crippen LogP contribution < -0.4 is 5.32 Å². The fourth-order valence-corrected chi connectivity index (χ4v) is 3.98. The first kappa shape index (κ1) is 17.6. The van der Waals surface area contributed by atoms with E-state index in [4.69, 9.17) is 14.7 Å². The van der Waals surface area contributed by atoms with E-state index in [9.17, 15) is 0 Å². The average Bonchev–Trinajstić information content (AvgIpc) is 2.82. The SMILES string of the molecule is Cc1sc2nc(CN3CCOCC3)nc(NCCC(C)C)c2c1C. The number of fused-ring (bicyclic) bond motifs is 1. The van der Waals surface area contributed by atoms with Crippen molar-refractivity contribution in [3.63, 3.8) is 0 Å². The molecule has 2 aromatic heterocycles. The molecule has 0 saturated carbocycles. The van der Waals surface area contributed by atoms with Gasteiger partial charge in [0.05, 0.1) is 25.1 Å². The van der Waals surface area contributed by atoms with Crippen molar-refractivity contribution in [2.75, 3.05) is 38.2 Å². The largest absolute Gasteiger partial charge is 0.379 e. The zero-order valence-corrected chi connectivity index (χ0v) is 16.0. The highest BCUT2D eigenvalue weighted by Crippen LogP contribution is 2.33. The molecule has 3 heterocycles. The Morgan fingerprint density at radius 2 is 1.96 bits per heavy atom. The Morgan fingerprint density at radius 1 is 1.21 bits per heavy atom. The predicted molar refractivity (Wildman–Crippen MR) is 101 cm³/mol. The lowest BCUT2D eigenvalue weighted by atomic mass is 10.1. The molecule has 3 rings (SSSR count). The molecule has 0 unspecified atom stereocenters. The van der Waals surface area contributed by atoms with Crippen LogP contribution in [0, 0.1) is 19.8 Å². The van der Waals surface area contributed by atoms with Crippen molar-refractivity contribution in [3.05, 3.63) is 16.3 Å². The van der Waals surface area contributed by atoms with E-state index in [2.05, 4.69) is 37.9 Å². The molecule has 5 nitrogen and oxygen atoms in total. The smallest absolute Gasteiger partial charge is 0.146 e. The molecule has 0 atom stereocenters. The molecule has 1 aliphatic heterocycles. The molecule has 24 heavy (non-hydrogen) atoms. The third kappa shape index (κ3) is 4.05. The van der Waals surface area contributed by atoms with Crippen molar-refractivity contribution in [2.45, 2.75) is 40.7 Å². The average molecular weight is 349 g/mol. The summed E-state index contributed by atoms with van der Waals surface area (Å²) in [6.07, 6.45) is 1.15. The molecule has 0 aliphatic carbocycles. The van der Waals surface area contributed by atoms with Crippen LogP contribution in [-0.4, -0.2) is 47.7 Å². The van der Waals surface area contributed by atoms with Crippen molar-refractivity contribution in [1.82, 2.24) is 14.9 Å². The van der Waals surface area contributed by atoms with Gasteiger partial charge < -0.3 is 10.1 Å². The van der Waals surface area contributed by atoms with Gasteiger partial charge in [-0.1, -0.05) is 13.8 Å². The summed E-state index contributed by atoms with van der Waals surface area (Å²) in [6, 6.07) is 0. The molecule has 0 aromatic carbocycles. The van der Waals surface area contributed by atoms with Gasteiger partial charge in [-0.2, -0.15) is 0 Å². The van der Waals surface area contributed by atoms with Gasteiger partial charge in [-0.15, -0.1) is 11.3 Å². The summed E-state index contributed by atoms with van der Waals surface area (Å²) in [5, 5.41) is 4.76. The minimum atomic E-state index is 0.688. The fourth-order valence-electron chi connectivity index (χ4n) is 2.93. The van der Waals surface area contributed by atoms with Gasteiger partial charge in [0.15, 0.2) is 0 Å². The number of nitrogens with zero attached hydrogens (tertiary/aromatic N) is 3. The van der Waals surface area contributed by atoms with Crippen molar-refractivity contribution in [2.24, 2.45) is 5.92 Å². The number of nitrogens with one attached hydrogen (secondary N) is 1. The summed E-state index contributed by atoms with van der Waals surface area (Å²) in [5.74, 6) is 2.61. The molecule has 1 aliphatic rings. The standard InChI is InChI=1S/C18H28N4OS/c1-12(2)5-6-19-17-16-13(3)14(4)24-18(16)21-15(20-17)11-22-7-9-23-10-8-22/h12H,5-11H2,1-4H3,(H,19,20,21). The zero-order valence-electron chi connectivity index (χ0n) is 15.2. The first-order valence-corrected chi connectivity index (χ1v) is 9.67. The van der Waals surface area contributed by atoms with Gasteiger partial charge in [0, 0.05) is 24.5 Å². The van der Waals surface area contributed by atoms with Crippen LogP contribution in [0.4, 0.5) is 5.82 Å². The van der Waals surface area contributed by atoms with Crippen LogP contribution >= 0.6 is 11.3 Å². The molecular formula is C18H28N4OS. The number of hydrogen-bond acceptors (Lipinski definition) is 6. The Morgan fingerprint density at radius 3 is 2.67 bits per heavy atom. The highest BCUT2D eigenvalue weighted by molar-refractivity contribution is 7.18. The number of hydrogen-bond donors (Lipinski definition) is 1. The van der Waals surface area contributed by atoms with E-state index in [1.807, 2.05) is 0 Å². The minimum absolute atomic E-state index is 0.688. The van der Waals surface area contributed by atoms with Crippen molar-refractivity contribution < 1.29 is 4.74 Å². The summed E-state index contributed by atoms with van der Waals surface area (Å²) < 4.78 is 5.43. The Kier molecular flexibility index (Phi) is 5.69. The Bertz CT molecular complexity index is 692. The van der Waals surface area contributed by atoms with E-state index in [-0.39, 0.29) is 0 Å². The number of ether oxygens (including phenoxy) is 1. The van der Waals surface area contributed by atoms with Gasteiger partial charge in [-0.25, -0.2) is 9.97 Å². The summed E-state index contributed by atoms with van der Waals surface area (Å²) in [6.45, 7) is 14.1. The van der Waals surface area contributed by atoms with Crippen molar-refractivity contribution in [3.8, 4) is 0 Å². The molecular weight excluding hydrogens is 320 g/mol. The quantitative estimate of drug-likeness (QED) is 0.864. The number of thiophene rings is 1. The fraction of sp³-hybridized carbons (Fsp3) is 0.667. The normalized spacial score (nSPS) is 16.2. The summed E-state index contributed by atoms with van der Waals surface area (Å²) in [5.41, 5.74) is 1.31. The topological polar surface area (TPSA) is 50.3 Å². The van der Waals surface area contributed by atoms with Crippen LogP contribution in [-0.2, 0) is 11.3 Å².